The Hall–Kier alpha value is 0.660. The molecule has 1 nitrogen and oxygen atoms in total. The Morgan fingerprint density at radius 3 is 2.62 bits per heavy atom. The van der Waals surface area contributed by atoms with Crippen LogP contribution in [0.1, 0.15) is 33.6 Å². The van der Waals surface area contributed by atoms with Gasteiger partial charge in [-0.25, -0.2) is 0 Å². The lowest BCUT2D eigenvalue weighted by atomic mass is 10.1. The average Bonchev–Trinajstić information content (AvgIpc) is 2.10. The van der Waals surface area contributed by atoms with Crippen molar-refractivity contribution in [1.82, 2.24) is 0 Å². The van der Waals surface area contributed by atoms with Crippen LogP contribution in [0.15, 0.2) is 0 Å². The predicted molar refractivity (Wildman–Crippen MR) is 65.6 cm³/mol. The van der Waals surface area contributed by atoms with E-state index in [0.717, 1.165) is 10.5 Å². The zero-order chi connectivity index (χ0) is 9.84. The highest BCUT2D eigenvalue weighted by molar-refractivity contribution is 8.07. The van der Waals surface area contributed by atoms with Gasteiger partial charge in [0.25, 0.3) is 0 Å². The number of nitrogens with two attached hydrogens (primary N) is 1. The molecule has 0 aromatic heterocycles. The standard InChI is InChI=1S/C10H21NS2/c1-4-5-9(11)10-6-12-7(2)8(3)13-10/h7-10H,4-6,11H2,1-3H3/t7?,8?,9-,10?/m1/s1. The van der Waals surface area contributed by atoms with E-state index in [4.69, 9.17) is 5.73 Å². The van der Waals surface area contributed by atoms with Crippen molar-refractivity contribution in [3.8, 4) is 0 Å². The Balaban J connectivity index is 2.36. The summed E-state index contributed by atoms with van der Waals surface area (Å²) in [4.78, 5) is 0. The summed E-state index contributed by atoms with van der Waals surface area (Å²) in [6.45, 7) is 6.86. The van der Waals surface area contributed by atoms with Crippen LogP contribution >= 0.6 is 23.5 Å². The van der Waals surface area contributed by atoms with Gasteiger partial charge in [0, 0.05) is 27.5 Å². The van der Waals surface area contributed by atoms with E-state index in [1.807, 2.05) is 0 Å². The molecule has 0 aliphatic carbocycles. The molecule has 0 bridgehead atoms. The third-order valence-electron chi connectivity index (χ3n) is 2.67. The third kappa shape index (κ3) is 3.37. The highest BCUT2D eigenvalue weighted by Gasteiger charge is 2.28. The molecule has 0 aromatic carbocycles. The van der Waals surface area contributed by atoms with Crippen molar-refractivity contribution >= 4 is 23.5 Å². The van der Waals surface area contributed by atoms with Gasteiger partial charge in [0.2, 0.25) is 0 Å². The van der Waals surface area contributed by atoms with Crippen molar-refractivity contribution in [2.24, 2.45) is 5.73 Å². The second-order valence-electron chi connectivity index (χ2n) is 3.87. The molecule has 78 valence electrons. The van der Waals surface area contributed by atoms with Crippen molar-refractivity contribution < 1.29 is 0 Å². The fourth-order valence-electron chi connectivity index (χ4n) is 1.55. The van der Waals surface area contributed by atoms with Crippen molar-refractivity contribution in [1.29, 1.82) is 0 Å². The molecule has 0 spiro atoms. The molecule has 1 aliphatic heterocycles. The van der Waals surface area contributed by atoms with Crippen LogP contribution in [0.2, 0.25) is 0 Å². The van der Waals surface area contributed by atoms with Gasteiger partial charge in [-0.2, -0.15) is 23.5 Å². The maximum absolute atomic E-state index is 6.13. The van der Waals surface area contributed by atoms with Gasteiger partial charge in [0.15, 0.2) is 0 Å². The van der Waals surface area contributed by atoms with Gasteiger partial charge >= 0.3 is 0 Å². The van der Waals surface area contributed by atoms with E-state index < -0.39 is 0 Å². The Labute approximate surface area is 90.6 Å². The SMILES string of the molecule is CCC[C@@H](N)C1CSC(C)C(C)S1. The Morgan fingerprint density at radius 2 is 2.08 bits per heavy atom. The first-order valence-electron chi connectivity index (χ1n) is 5.17. The summed E-state index contributed by atoms with van der Waals surface area (Å²) in [7, 11) is 0. The van der Waals surface area contributed by atoms with Gasteiger partial charge in [-0.1, -0.05) is 27.2 Å². The van der Waals surface area contributed by atoms with Crippen LogP contribution in [-0.4, -0.2) is 27.5 Å². The molecule has 0 aromatic rings. The minimum atomic E-state index is 0.414. The fourth-order valence-corrected chi connectivity index (χ4v) is 4.65. The van der Waals surface area contributed by atoms with Gasteiger partial charge in [0.1, 0.15) is 0 Å². The van der Waals surface area contributed by atoms with E-state index in [1.165, 1.54) is 18.6 Å². The summed E-state index contributed by atoms with van der Waals surface area (Å²) in [5.74, 6) is 1.25. The molecule has 0 saturated carbocycles. The second kappa shape index (κ2) is 5.52. The molecule has 3 heteroatoms. The minimum Gasteiger partial charge on any atom is -0.327 e. The lowest BCUT2D eigenvalue weighted by Gasteiger charge is -2.34. The maximum atomic E-state index is 6.13. The molecule has 1 fully saturated rings. The fraction of sp³-hybridized carbons (Fsp3) is 1.00. The molecule has 2 N–H and O–H groups in total. The van der Waals surface area contributed by atoms with E-state index in [1.54, 1.807) is 0 Å². The Kier molecular flexibility index (Phi) is 4.98. The summed E-state index contributed by atoms with van der Waals surface area (Å²) in [6.07, 6.45) is 2.39. The normalized spacial score (nSPS) is 37.4. The van der Waals surface area contributed by atoms with Crippen LogP contribution in [0.25, 0.3) is 0 Å². The molecule has 0 radical (unpaired) electrons. The van der Waals surface area contributed by atoms with E-state index in [9.17, 15) is 0 Å². The average molecular weight is 219 g/mol. The summed E-state index contributed by atoms with van der Waals surface area (Å²) in [5.41, 5.74) is 6.13. The van der Waals surface area contributed by atoms with E-state index in [0.29, 0.717) is 11.3 Å². The summed E-state index contributed by atoms with van der Waals surface area (Å²) in [5, 5.41) is 2.26. The maximum Gasteiger partial charge on any atom is 0.0292 e. The van der Waals surface area contributed by atoms with Gasteiger partial charge in [-0.05, 0) is 6.42 Å². The third-order valence-corrected chi connectivity index (χ3v) is 6.25. The molecule has 1 saturated heterocycles. The first kappa shape index (κ1) is 11.7. The highest BCUT2D eigenvalue weighted by Crippen LogP contribution is 2.37. The monoisotopic (exact) mass is 219 g/mol. The smallest absolute Gasteiger partial charge is 0.0292 e. The Bertz CT molecular complexity index is 152. The molecule has 0 amide bonds. The Morgan fingerprint density at radius 1 is 1.38 bits per heavy atom. The molecular formula is C10H21NS2. The predicted octanol–water partition coefficient (Wildman–Crippen LogP) is 2.74. The number of thioether (sulfide) groups is 2. The van der Waals surface area contributed by atoms with Crippen LogP contribution in [0.4, 0.5) is 0 Å². The number of hydrogen-bond acceptors (Lipinski definition) is 3. The summed E-state index contributed by atoms with van der Waals surface area (Å²) < 4.78 is 0. The largest absolute Gasteiger partial charge is 0.327 e. The van der Waals surface area contributed by atoms with Gasteiger partial charge in [-0.3, -0.25) is 0 Å². The highest BCUT2D eigenvalue weighted by atomic mass is 32.2. The summed E-state index contributed by atoms with van der Waals surface area (Å²) >= 11 is 4.18. The van der Waals surface area contributed by atoms with Gasteiger partial charge in [0.05, 0.1) is 0 Å². The summed E-state index contributed by atoms with van der Waals surface area (Å²) in [6, 6.07) is 0.414. The molecule has 1 rings (SSSR count). The zero-order valence-corrected chi connectivity index (χ0v) is 10.5. The van der Waals surface area contributed by atoms with Crippen molar-refractivity contribution in [3.63, 3.8) is 0 Å². The zero-order valence-electron chi connectivity index (χ0n) is 8.82. The first-order chi connectivity index (χ1) is 6.15. The first-order valence-corrected chi connectivity index (χ1v) is 7.17. The molecule has 1 heterocycles. The van der Waals surface area contributed by atoms with E-state index in [2.05, 4.69) is 44.3 Å². The van der Waals surface area contributed by atoms with Gasteiger partial charge in [-0.15, -0.1) is 0 Å². The van der Waals surface area contributed by atoms with Crippen LogP contribution in [0.5, 0.6) is 0 Å². The van der Waals surface area contributed by atoms with E-state index in [-0.39, 0.29) is 0 Å². The lowest BCUT2D eigenvalue weighted by molar-refractivity contribution is 0.596. The topological polar surface area (TPSA) is 26.0 Å². The van der Waals surface area contributed by atoms with Crippen molar-refractivity contribution in [3.05, 3.63) is 0 Å². The van der Waals surface area contributed by atoms with Crippen LogP contribution < -0.4 is 5.73 Å². The van der Waals surface area contributed by atoms with Crippen LogP contribution in [-0.2, 0) is 0 Å². The van der Waals surface area contributed by atoms with Crippen molar-refractivity contribution in [2.45, 2.75) is 55.4 Å². The molecular weight excluding hydrogens is 198 g/mol. The number of hydrogen-bond donors (Lipinski definition) is 1. The minimum absolute atomic E-state index is 0.414. The van der Waals surface area contributed by atoms with Crippen LogP contribution in [0.3, 0.4) is 0 Å². The second-order valence-corrected chi connectivity index (χ2v) is 6.90. The molecule has 13 heavy (non-hydrogen) atoms. The molecule has 3 unspecified atom stereocenters. The van der Waals surface area contributed by atoms with Gasteiger partial charge < -0.3 is 5.73 Å². The number of rotatable bonds is 3. The molecule has 4 atom stereocenters. The van der Waals surface area contributed by atoms with Crippen molar-refractivity contribution in [2.75, 3.05) is 5.75 Å². The quantitative estimate of drug-likeness (QED) is 0.790. The molecule has 1 aliphatic rings. The lowest BCUT2D eigenvalue weighted by Crippen LogP contribution is -2.39. The van der Waals surface area contributed by atoms with Crippen LogP contribution in [0, 0.1) is 0 Å². The van der Waals surface area contributed by atoms with E-state index >= 15 is 0 Å².